The van der Waals surface area contributed by atoms with Crippen LogP contribution in [-0.2, 0) is 6.54 Å². The number of nitrogens with two attached hydrogens (primary N) is 1. The molecule has 3 heteroatoms. The van der Waals surface area contributed by atoms with Gasteiger partial charge in [0, 0.05) is 24.0 Å². The molecule has 0 aliphatic heterocycles. The smallest absolute Gasteiger partial charge is 0.0300 e. The van der Waals surface area contributed by atoms with Crippen molar-refractivity contribution in [1.82, 2.24) is 5.32 Å². The summed E-state index contributed by atoms with van der Waals surface area (Å²) in [7, 11) is 0. The molecule has 0 aliphatic carbocycles. The number of nitrogens with one attached hydrogen (secondary N) is 1. The minimum atomic E-state index is 0.278. The molecule has 14 heavy (non-hydrogen) atoms. The SMILES string of the molecule is CCC(C)C(N)CNCc1cccs1. The van der Waals surface area contributed by atoms with E-state index >= 15 is 0 Å². The van der Waals surface area contributed by atoms with E-state index in [1.165, 1.54) is 4.88 Å². The van der Waals surface area contributed by atoms with Crippen LogP contribution < -0.4 is 11.1 Å². The Morgan fingerprint density at radius 2 is 2.36 bits per heavy atom. The van der Waals surface area contributed by atoms with Gasteiger partial charge in [-0.3, -0.25) is 0 Å². The van der Waals surface area contributed by atoms with E-state index in [1.807, 2.05) is 0 Å². The van der Waals surface area contributed by atoms with E-state index in [4.69, 9.17) is 5.73 Å². The largest absolute Gasteiger partial charge is 0.326 e. The van der Waals surface area contributed by atoms with Gasteiger partial charge in [-0.15, -0.1) is 11.3 Å². The van der Waals surface area contributed by atoms with Gasteiger partial charge in [-0.05, 0) is 17.4 Å². The van der Waals surface area contributed by atoms with Gasteiger partial charge in [0.25, 0.3) is 0 Å². The number of thiophene rings is 1. The molecule has 0 radical (unpaired) electrons. The highest BCUT2D eigenvalue weighted by atomic mass is 32.1. The third-order valence-electron chi connectivity index (χ3n) is 2.63. The molecule has 0 fully saturated rings. The zero-order chi connectivity index (χ0) is 10.4. The lowest BCUT2D eigenvalue weighted by Gasteiger charge is -2.18. The third kappa shape index (κ3) is 3.78. The van der Waals surface area contributed by atoms with Crippen molar-refractivity contribution in [3.63, 3.8) is 0 Å². The van der Waals surface area contributed by atoms with E-state index < -0.39 is 0 Å². The van der Waals surface area contributed by atoms with Gasteiger partial charge >= 0.3 is 0 Å². The average molecular weight is 212 g/mol. The Morgan fingerprint density at radius 1 is 1.57 bits per heavy atom. The Kier molecular flexibility index (Phi) is 5.15. The summed E-state index contributed by atoms with van der Waals surface area (Å²) in [6.07, 6.45) is 1.15. The zero-order valence-corrected chi connectivity index (χ0v) is 9.81. The lowest BCUT2D eigenvalue weighted by atomic mass is 10.0. The summed E-state index contributed by atoms with van der Waals surface area (Å²) < 4.78 is 0. The summed E-state index contributed by atoms with van der Waals surface area (Å²) in [5.41, 5.74) is 6.01. The summed E-state index contributed by atoms with van der Waals surface area (Å²) in [5.74, 6) is 0.603. The minimum absolute atomic E-state index is 0.278. The first-order valence-electron chi connectivity index (χ1n) is 5.22. The van der Waals surface area contributed by atoms with Gasteiger partial charge in [0.15, 0.2) is 0 Å². The van der Waals surface area contributed by atoms with E-state index in [1.54, 1.807) is 11.3 Å². The Labute approximate surface area is 90.5 Å². The lowest BCUT2D eigenvalue weighted by molar-refractivity contribution is 0.419. The van der Waals surface area contributed by atoms with Crippen LogP contribution in [0.15, 0.2) is 17.5 Å². The summed E-state index contributed by atoms with van der Waals surface area (Å²) in [6.45, 7) is 6.25. The second kappa shape index (κ2) is 6.17. The molecule has 2 unspecified atom stereocenters. The highest BCUT2D eigenvalue weighted by molar-refractivity contribution is 7.09. The van der Waals surface area contributed by atoms with Crippen molar-refractivity contribution in [3.8, 4) is 0 Å². The molecule has 1 aromatic heterocycles. The molecule has 0 amide bonds. The Morgan fingerprint density at radius 3 is 2.93 bits per heavy atom. The van der Waals surface area contributed by atoms with Crippen LogP contribution in [0.3, 0.4) is 0 Å². The normalized spacial score (nSPS) is 15.4. The van der Waals surface area contributed by atoms with Crippen LogP contribution in [0.1, 0.15) is 25.1 Å². The molecule has 0 saturated heterocycles. The predicted octanol–water partition coefficient (Wildman–Crippen LogP) is 2.21. The van der Waals surface area contributed by atoms with Crippen molar-refractivity contribution < 1.29 is 0 Å². The standard InChI is InChI=1S/C11H20N2S/c1-3-9(2)11(12)8-13-7-10-5-4-6-14-10/h4-6,9,11,13H,3,7-8,12H2,1-2H3. The molecule has 0 aliphatic rings. The van der Waals surface area contributed by atoms with Crippen LogP contribution in [0.2, 0.25) is 0 Å². The first-order chi connectivity index (χ1) is 6.74. The number of hydrogen-bond acceptors (Lipinski definition) is 3. The first kappa shape index (κ1) is 11.7. The van der Waals surface area contributed by atoms with Gasteiger partial charge in [-0.25, -0.2) is 0 Å². The maximum Gasteiger partial charge on any atom is 0.0300 e. The van der Waals surface area contributed by atoms with Crippen LogP contribution >= 0.6 is 11.3 Å². The third-order valence-corrected chi connectivity index (χ3v) is 3.51. The monoisotopic (exact) mass is 212 g/mol. The molecule has 2 atom stereocenters. The molecule has 80 valence electrons. The fourth-order valence-corrected chi connectivity index (χ4v) is 1.95. The fourth-order valence-electron chi connectivity index (χ4n) is 1.28. The van der Waals surface area contributed by atoms with Gasteiger partial charge in [-0.2, -0.15) is 0 Å². The molecule has 1 heterocycles. The van der Waals surface area contributed by atoms with Crippen molar-refractivity contribution in [3.05, 3.63) is 22.4 Å². The topological polar surface area (TPSA) is 38.0 Å². The maximum atomic E-state index is 6.01. The Hall–Kier alpha value is -0.380. The van der Waals surface area contributed by atoms with E-state index in [2.05, 4.69) is 36.7 Å². The van der Waals surface area contributed by atoms with Crippen LogP contribution in [0.25, 0.3) is 0 Å². The maximum absolute atomic E-state index is 6.01. The van der Waals surface area contributed by atoms with E-state index in [-0.39, 0.29) is 6.04 Å². The van der Waals surface area contributed by atoms with Crippen LogP contribution in [-0.4, -0.2) is 12.6 Å². The van der Waals surface area contributed by atoms with E-state index in [0.29, 0.717) is 5.92 Å². The highest BCUT2D eigenvalue weighted by Gasteiger charge is 2.09. The molecule has 3 N–H and O–H groups in total. The molecule has 2 nitrogen and oxygen atoms in total. The van der Waals surface area contributed by atoms with Crippen LogP contribution in [0, 0.1) is 5.92 Å². The van der Waals surface area contributed by atoms with Gasteiger partial charge in [0.1, 0.15) is 0 Å². The molecule has 0 saturated carbocycles. The number of hydrogen-bond donors (Lipinski definition) is 2. The second-order valence-corrected chi connectivity index (χ2v) is 4.79. The summed E-state index contributed by atoms with van der Waals surface area (Å²) in [6, 6.07) is 4.50. The van der Waals surface area contributed by atoms with Gasteiger partial charge in [0.2, 0.25) is 0 Å². The average Bonchev–Trinajstić information content (AvgIpc) is 2.69. The summed E-state index contributed by atoms with van der Waals surface area (Å²) >= 11 is 1.79. The van der Waals surface area contributed by atoms with E-state index in [0.717, 1.165) is 19.5 Å². The van der Waals surface area contributed by atoms with Crippen molar-refractivity contribution in [2.24, 2.45) is 11.7 Å². The molecule has 0 bridgehead atoms. The summed E-state index contributed by atoms with van der Waals surface area (Å²) in [4.78, 5) is 1.38. The lowest BCUT2D eigenvalue weighted by Crippen LogP contribution is -2.38. The van der Waals surface area contributed by atoms with E-state index in [9.17, 15) is 0 Å². The van der Waals surface area contributed by atoms with Crippen molar-refractivity contribution in [2.45, 2.75) is 32.9 Å². The molecule has 1 rings (SSSR count). The van der Waals surface area contributed by atoms with Gasteiger partial charge in [-0.1, -0.05) is 26.3 Å². The minimum Gasteiger partial charge on any atom is -0.326 e. The second-order valence-electron chi connectivity index (χ2n) is 3.76. The fraction of sp³-hybridized carbons (Fsp3) is 0.636. The first-order valence-corrected chi connectivity index (χ1v) is 6.10. The van der Waals surface area contributed by atoms with Gasteiger partial charge in [0.05, 0.1) is 0 Å². The molecule has 0 spiro atoms. The summed E-state index contributed by atoms with van der Waals surface area (Å²) in [5, 5.41) is 5.49. The van der Waals surface area contributed by atoms with Crippen LogP contribution in [0.4, 0.5) is 0 Å². The van der Waals surface area contributed by atoms with Crippen molar-refractivity contribution in [1.29, 1.82) is 0 Å². The molecular weight excluding hydrogens is 192 g/mol. The molecule has 0 aromatic carbocycles. The molecule has 1 aromatic rings. The number of rotatable bonds is 6. The molecular formula is C11H20N2S. The van der Waals surface area contributed by atoms with Crippen molar-refractivity contribution >= 4 is 11.3 Å². The highest BCUT2D eigenvalue weighted by Crippen LogP contribution is 2.08. The van der Waals surface area contributed by atoms with Crippen LogP contribution in [0.5, 0.6) is 0 Å². The van der Waals surface area contributed by atoms with Gasteiger partial charge < -0.3 is 11.1 Å². The zero-order valence-electron chi connectivity index (χ0n) is 8.99. The quantitative estimate of drug-likeness (QED) is 0.759. The Bertz CT molecular complexity index is 233. The predicted molar refractivity (Wildman–Crippen MR) is 63.5 cm³/mol. The van der Waals surface area contributed by atoms with Crippen molar-refractivity contribution in [2.75, 3.05) is 6.54 Å². The Balaban J connectivity index is 2.15.